The average Bonchev–Trinajstić information content (AvgIpc) is 2.52. The van der Waals surface area contributed by atoms with Crippen LogP contribution in [-0.2, 0) is 4.79 Å². The summed E-state index contributed by atoms with van der Waals surface area (Å²) < 4.78 is 1.76. The van der Waals surface area contributed by atoms with Gasteiger partial charge in [0.15, 0.2) is 6.54 Å². The third kappa shape index (κ3) is 24.0. The molecule has 0 saturated heterocycles. The lowest BCUT2D eigenvalue weighted by Crippen LogP contribution is -3.00. The molecule has 0 aliphatic heterocycles. The predicted molar refractivity (Wildman–Crippen MR) is 114 cm³/mol. The summed E-state index contributed by atoms with van der Waals surface area (Å²) in [6, 6.07) is 0. The van der Waals surface area contributed by atoms with E-state index >= 15 is 0 Å². The van der Waals surface area contributed by atoms with Gasteiger partial charge in [-0.1, -0.05) is 58.3 Å². The lowest BCUT2D eigenvalue weighted by molar-refractivity contribution is -0.882. The van der Waals surface area contributed by atoms with E-state index in [0.717, 1.165) is 35.0 Å². The second kappa shape index (κ2) is 19.0. The quantitative estimate of drug-likeness (QED) is 0.209. The number of unbranched alkanes of at least 4 members (excludes halogenated alkanes) is 9. The highest BCUT2D eigenvalue weighted by Crippen LogP contribution is 2.11. The lowest BCUT2D eigenvalue weighted by atomic mass is 10.1. The van der Waals surface area contributed by atoms with Crippen LogP contribution in [0.4, 0.5) is 0 Å². The number of amides is 1. The van der Waals surface area contributed by atoms with E-state index in [9.17, 15) is 4.79 Å². The van der Waals surface area contributed by atoms with Crippen LogP contribution in [0.15, 0.2) is 0 Å². The van der Waals surface area contributed by atoms with Crippen molar-refractivity contribution in [2.24, 2.45) is 0 Å². The van der Waals surface area contributed by atoms with Crippen LogP contribution in [0.3, 0.4) is 0 Å². The van der Waals surface area contributed by atoms with Gasteiger partial charge in [0.25, 0.3) is 5.91 Å². The maximum atomic E-state index is 12.1. The highest BCUT2D eigenvalue weighted by atomic mass is 35.5. The molecule has 0 aliphatic carbocycles. The van der Waals surface area contributed by atoms with Crippen molar-refractivity contribution < 1.29 is 38.6 Å². The van der Waals surface area contributed by atoms with Crippen molar-refractivity contribution >= 4 is 5.91 Å². The first-order valence-corrected chi connectivity index (χ1v) is 11.1. The van der Waals surface area contributed by atoms with Crippen molar-refractivity contribution in [2.45, 2.75) is 77.6 Å². The summed E-state index contributed by atoms with van der Waals surface area (Å²) in [5.74, 6) is 0.198. The Hall–Kier alpha value is -0.0300. The molecule has 0 aromatic carbocycles. The molecule has 0 aromatic heterocycles. The van der Waals surface area contributed by atoms with Gasteiger partial charge in [-0.15, -0.1) is 0 Å². The third-order valence-electron chi connectivity index (χ3n) is 5.02. The fourth-order valence-electron chi connectivity index (χ4n) is 3.33. The van der Waals surface area contributed by atoms with E-state index in [1.54, 1.807) is 0 Å². The number of likely N-dealkylation sites (N-methyl/N-ethyl adjacent to an activating group) is 1. The second-order valence-electron chi connectivity index (χ2n) is 9.72. The zero-order chi connectivity index (χ0) is 19.9. The Morgan fingerprint density at radius 3 is 1.61 bits per heavy atom. The van der Waals surface area contributed by atoms with Crippen molar-refractivity contribution in [3.8, 4) is 0 Å². The Morgan fingerprint density at radius 1 is 0.679 bits per heavy atom. The summed E-state index contributed by atoms with van der Waals surface area (Å²) in [6.07, 6.45) is 14.7. The van der Waals surface area contributed by atoms with Gasteiger partial charge in [0.1, 0.15) is 0 Å². The number of halogens is 2. The molecule has 0 unspecified atom stereocenters. The molecule has 0 atom stereocenters. The van der Waals surface area contributed by atoms with Gasteiger partial charge in [-0.3, -0.25) is 4.79 Å². The summed E-state index contributed by atoms with van der Waals surface area (Å²) in [7, 11) is 10.9. The predicted octanol–water partition coefficient (Wildman–Crippen LogP) is -1.80. The van der Waals surface area contributed by atoms with Gasteiger partial charge in [0.2, 0.25) is 0 Å². The molecule has 1 amide bonds. The van der Waals surface area contributed by atoms with Crippen LogP contribution in [-0.4, -0.2) is 76.3 Å². The molecule has 0 aromatic rings. The standard InChI is InChI=1S/C22H48N3O.2ClH/c1-7-8-9-10-11-12-13-14-15-16-20-25(5,6)21-22(26)23-18-17-19-24(2,3)4;;/h7-21H2,1-6H3;2*1H/q+1;;/p-1. The molecule has 0 rings (SSSR count). The average molecular weight is 443 g/mol. The van der Waals surface area contributed by atoms with Crippen LogP contribution in [0.1, 0.15) is 77.6 Å². The van der Waals surface area contributed by atoms with Gasteiger partial charge in [0, 0.05) is 13.0 Å². The first-order chi connectivity index (χ1) is 12.2. The maximum absolute atomic E-state index is 12.1. The van der Waals surface area contributed by atoms with Crippen LogP contribution in [0.5, 0.6) is 0 Å². The smallest absolute Gasteiger partial charge is 0.275 e. The van der Waals surface area contributed by atoms with Gasteiger partial charge in [-0.25, -0.2) is 0 Å². The Bertz CT molecular complexity index is 358. The summed E-state index contributed by atoms with van der Waals surface area (Å²) in [4.78, 5) is 12.1. The minimum absolute atomic E-state index is 0. The zero-order valence-corrected chi connectivity index (χ0v) is 21.2. The number of quaternary nitrogens is 2. The van der Waals surface area contributed by atoms with E-state index in [0.29, 0.717) is 6.54 Å². The number of nitrogens with one attached hydrogen (secondary N) is 1. The number of carbonyl (C=O) groups is 1. The summed E-state index contributed by atoms with van der Waals surface area (Å²) in [5, 5.41) is 3.09. The molecule has 172 valence electrons. The molecule has 0 bridgehead atoms. The van der Waals surface area contributed by atoms with E-state index in [1.807, 2.05) is 0 Å². The molecular formula is C22H49Cl2N3O. The second-order valence-corrected chi connectivity index (χ2v) is 9.72. The molecular weight excluding hydrogens is 393 g/mol. The Labute approximate surface area is 188 Å². The lowest BCUT2D eigenvalue weighted by Gasteiger charge is -2.29. The van der Waals surface area contributed by atoms with Crippen molar-refractivity contribution in [3.63, 3.8) is 0 Å². The van der Waals surface area contributed by atoms with Gasteiger partial charge in [-0.2, -0.15) is 0 Å². The third-order valence-corrected chi connectivity index (χ3v) is 5.02. The first kappa shape index (κ1) is 32.6. The molecule has 0 radical (unpaired) electrons. The minimum atomic E-state index is 0. The molecule has 0 aliphatic rings. The number of hydrogen-bond donors (Lipinski definition) is 1. The zero-order valence-electron chi connectivity index (χ0n) is 19.7. The summed E-state index contributed by atoms with van der Waals surface area (Å²) >= 11 is 0. The van der Waals surface area contributed by atoms with Crippen molar-refractivity contribution in [3.05, 3.63) is 0 Å². The SMILES string of the molecule is CCCCCCCCCCCC[N+](C)(C)CC(=O)NCCC[N+](C)(C)C.[Cl-].[Cl-]. The number of hydrogen-bond acceptors (Lipinski definition) is 1. The number of nitrogens with zero attached hydrogens (tertiary/aromatic N) is 2. The summed E-state index contributed by atoms with van der Waals surface area (Å²) in [5.41, 5.74) is 0. The van der Waals surface area contributed by atoms with Crippen molar-refractivity contribution in [2.75, 3.05) is 61.4 Å². The Morgan fingerprint density at radius 2 is 1.14 bits per heavy atom. The van der Waals surface area contributed by atoms with Crippen molar-refractivity contribution in [1.82, 2.24) is 5.32 Å². The molecule has 4 nitrogen and oxygen atoms in total. The van der Waals surface area contributed by atoms with Crippen LogP contribution in [0, 0.1) is 0 Å². The van der Waals surface area contributed by atoms with Gasteiger partial charge >= 0.3 is 0 Å². The molecule has 28 heavy (non-hydrogen) atoms. The van der Waals surface area contributed by atoms with Crippen LogP contribution in [0.25, 0.3) is 0 Å². The Kier molecular flexibility index (Phi) is 22.1. The van der Waals surface area contributed by atoms with E-state index in [-0.39, 0.29) is 30.7 Å². The van der Waals surface area contributed by atoms with Crippen molar-refractivity contribution in [1.29, 1.82) is 0 Å². The van der Waals surface area contributed by atoms with Crippen LogP contribution < -0.4 is 30.1 Å². The number of carbonyl (C=O) groups excluding carboxylic acids is 1. The number of rotatable bonds is 17. The fourth-order valence-corrected chi connectivity index (χ4v) is 3.33. The monoisotopic (exact) mass is 441 g/mol. The largest absolute Gasteiger partial charge is 1.00 e. The highest BCUT2D eigenvalue weighted by molar-refractivity contribution is 5.76. The molecule has 0 saturated carbocycles. The molecule has 1 N–H and O–H groups in total. The molecule has 0 fully saturated rings. The topological polar surface area (TPSA) is 29.1 Å². The van der Waals surface area contributed by atoms with E-state index in [2.05, 4.69) is 47.5 Å². The van der Waals surface area contributed by atoms with Gasteiger partial charge in [0.05, 0.1) is 48.3 Å². The summed E-state index contributed by atoms with van der Waals surface area (Å²) in [6.45, 7) is 5.87. The first-order valence-electron chi connectivity index (χ1n) is 11.1. The van der Waals surface area contributed by atoms with Gasteiger partial charge in [-0.05, 0) is 12.8 Å². The molecule has 6 heteroatoms. The van der Waals surface area contributed by atoms with E-state index in [1.165, 1.54) is 64.2 Å². The van der Waals surface area contributed by atoms with Gasteiger partial charge < -0.3 is 39.1 Å². The van der Waals surface area contributed by atoms with E-state index < -0.39 is 0 Å². The molecule has 0 heterocycles. The Balaban J connectivity index is -0.00000312. The normalized spacial score (nSPS) is 11.5. The molecule has 0 spiro atoms. The minimum Gasteiger partial charge on any atom is -1.00 e. The van der Waals surface area contributed by atoms with E-state index in [4.69, 9.17) is 0 Å². The maximum Gasteiger partial charge on any atom is 0.275 e. The highest BCUT2D eigenvalue weighted by Gasteiger charge is 2.19. The fraction of sp³-hybridized carbons (Fsp3) is 0.955. The van der Waals surface area contributed by atoms with Crippen LogP contribution in [0.2, 0.25) is 0 Å². The van der Waals surface area contributed by atoms with Crippen LogP contribution >= 0.6 is 0 Å².